The van der Waals surface area contributed by atoms with E-state index in [9.17, 15) is 9.59 Å². The van der Waals surface area contributed by atoms with Crippen molar-refractivity contribution in [1.29, 1.82) is 0 Å². The van der Waals surface area contributed by atoms with Gasteiger partial charge in [0.1, 0.15) is 11.3 Å². The largest absolute Gasteiger partial charge is 0.497 e. The fourth-order valence-corrected chi connectivity index (χ4v) is 2.95. The average Bonchev–Trinajstić information content (AvgIpc) is 2.65. The van der Waals surface area contributed by atoms with Crippen LogP contribution in [0.3, 0.4) is 0 Å². The first-order valence-corrected chi connectivity index (χ1v) is 8.58. The first-order chi connectivity index (χ1) is 12.5. The third-order valence-electron chi connectivity index (χ3n) is 4.11. The van der Waals surface area contributed by atoms with Crippen molar-refractivity contribution in [3.63, 3.8) is 0 Å². The number of hydrogen-bond acceptors (Lipinski definition) is 4. The maximum atomic E-state index is 12.9. The summed E-state index contributed by atoms with van der Waals surface area (Å²) in [5.41, 5.74) is 2.48. The van der Waals surface area contributed by atoms with Crippen molar-refractivity contribution >= 4 is 40.9 Å². The Balaban J connectivity index is 1.98. The van der Waals surface area contributed by atoms with Crippen molar-refractivity contribution in [2.24, 2.45) is 0 Å². The number of aryl methyl sites for hydroxylation is 1. The van der Waals surface area contributed by atoms with Crippen LogP contribution in [0.5, 0.6) is 5.75 Å². The molecule has 0 spiro atoms. The molecule has 132 valence electrons. The lowest BCUT2D eigenvalue weighted by atomic mass is 10.1. The highest BCUT2D eigenvalue weighted by Gasteiger charge is 2.34. The van der Waals surface area contributed by atoms with E-state index in [2.05, 4.69) is 12.2 Å². The van der Waals surface area contributed by atoms with Crippen LogP contribution in [0.1, 0.15) is 18.1 Å². The predicted octanol–water partition coefficient (Wildman–Crippen LogP) is 3.09. The molecule has 2 aromatic rings. The molecule has 2 aromatic carbocycles. The molecule has 0 aromatic heterocycles. The van der Waals surface area contributed by atoms with Gasteiger partial charge in [0, 0.05) is 0 Å². The van der Waals surface area contributed by atoms with Gasteiger partial charge in [0.2, 0.25) is 0 Å². The number of ether oxygens (including phenoxy) is 1. The number of carbonyl (C=O) groups excluding carboxylic acids is 2. The number of hydrogen-bond donors (Lipinski definition) is 1. The second-order valence-corrected chi connectivity index (χ2v) is 6.14. The molecule has 26 heavy (non-hydrogen) atoms. The van der Waals surface area contributed by atoms with Crippen LogP contribution in [-0.2, 0) is 16.0 Å². The predicted molar refractivity (Wildman–Crippen MR) is 105 cm³/mol. The van der Waals surface area contributed by atoms with Crippen molar-refractivity contribution in [3.05, 3.63) is 65.2 Å². The third-order valence-corrected chi connectivity index (χ3v) is 4.39. The standard InChI is InChI=1S/C20H18N2O3S/c1-3-13-7-9-15(10-8-13)22-19(24)17(18(23)21-20(22)26)12-14-5-4-6-16(11-14)25-2/h4-12H,3H2,1-2H3,(H,21,23,26)/b17-12+. The maximum absolute atomic E-state index is 12.9. The Morgan fingerprint density at radius 2 is 1.88 bits per heavy atom. The van der Waals surface area contributed by atoms with E-state index in [1.165, 1.54) is 11.0 Å². The van der Waals surface area contributed by atoms with E-state index < -0.39 is 11.8 Å². The molecular weight excluding hydrogens is 348 g/mol. The molecule has 0 bridgehead atoms. The highest BCUT2D eigenvalue weighted by molar-refractivity contribution is 7.80. The highest BCUT2D eigenvalue weighted by atomic mass is 32.1. The molecule has 0 unspecified atom stereocenters. The highest BCUT2D eigenvalue weighted by Crippen LogP contribution is 2.23. The molecule has 1 heterocycles. The van der Waals surface area contributed by atoms with E-state index in [1.807, 2.05) is 24.3 Å². The molecule has 1 saturated heterocycles. The van der Waals surface area contributed by atoms with Gasteiger partial charge >= 0.3 is 0 Å². The number of carbonyl (C=O) groups is 2. The van der Waals surface area contributed by atoms with Gasteiger partial charge in [-0.15, -0.1) is 0 Å². The fourth-order valence-electron chi connectivity index (χ4n) is 2.67. The zero-order valence-electron chi connectivity index (χ0n) is 14.5. The van der Waals surface area contributed by atoms with Crippen LogP contribution in [0.2, 0.25) is 0 Å². The van der Waals surface area contributed by atoms with E-state index in [-0.39, 0.29) is 10.7 Å². The first kappa shape index (κ1) is 17.8. The minimum Gasteiger partial charge on any atom is -0.497 e. The average molecular weight is 366 g/mol. The minimum atomic E-state index is -0.510. The number of methoxy groups -OCH3 is 1. The number of amides is 2. The van der Waals surface area contributed by atoms with Crippen LogP contribution >= 0.6 is 12.2 Å². The van der Waals surface area contributed by atoms with E-state index in [0.717, 1.165) is 12.0 Å². The number of nitrogens with one attached hydrogen (secondary N) is 1. The Bertz CT molecular complexity index is 904. The van der Waals surface area contributed by atoms with E-state index in [1.54, 1.807) is 31.4 Å². The van der Waals surface area contributed by atoms with E-state index in [4.69, 9.17) is 17.0 Å². The monoisotopic (exact) mass is 366 g/mol. The first-order valence-electron chi connectivity index (χ1n) is 8.18. The molecule has 1 aliphatic rings. The van der Waals surface area contributed by atoms with Gasteiger partial charge in [0.05, 0.1) is 12.8 Å². The van der Waals surface area contributed by atoms with Crippen LogP contribution in [0, 0.1) is 0 Å². The van der Waals surface area contributed by atoms with E-state index in [0.29, 0.717) is 17.0 Å². The summed E-state index contributed by atoms with van der Waals surface area (Å²) in [4.78, 5) is 26.6. The Labute approximate surface area is 157 Å². The van der Waals surface area contributed by atoms with Gasteiger partial charge in [-0.05, 0) is 60.1 Å². The number of rotatable bonds is 4. The van der Waals surface area contributed by atoms with Gasteiger partial charge in [-0.1, -0.05) is 31.2 Å². The number of nitrogens with zero attached hydrogens (tertiary/aromatic N) is 1. The molecule has 1 fully saturated rings. The Kier molecular flexibility index (Phi) is 5.14. The smallest absolute Gasteiger partial charge is 0.270 e. The van der Waals surface area contributed by atoms with Gasteiger partial charge in [-0.25, -0.2) is 0 Å². The Hall–Kier alpha value is -2.99. The Morgan fingerprint density at radius 3 is 2.54 bits per heavy atom. The quantitative estimate of drug-likeness (QED) is 0.513. The SMILES string of the molecule is CCc1ccc(N2C(=O)/C(=C/c3cccc(OC)c3)C(=O)NC2=S)cc1. The van der Waals surface area contributed by atoms with Gasteiger partial charge in [-0.3, -0.25) is 19.8 Å². The summed E-state index contributed by atoms with van der Waals surface area (Å²) in [6.45, 7) is 2.06. The van der Waals surface area contributed by atoms with Crippen LogP contribution in [0.4, 0.5) is 5.69 Å². The molecule has 5 nitrogen and oxygen atoms in total. The fraction of sp³-hybridized carbons (Fsp3) is 0.150. The summed E-state index contributed by atoms with van der Waals surface area (Å²) >= 11 is 5.21. The number of thiocarbonyl (C=S) groups is 1. The maximum Gasteiger partial charge on any atom is 0.270 e. The normalized spacial score (nSPS) is 16.0. The number of anilines is 1. The van der Waals surface area contributed by atoms with Crippen molar-refractivity contribution in [2.45, 2.75) is 13.3 Å². The van der Waals surface area contributed by atoms with Crippen LogP contribution < -0.4 is 15.0 Å². The minimum absolute atomic E-state index is 0.0198. The zero-order valence-corrected chi connectivity index (χ0v) is 15.3. The van der Waals surface area contributed by atoms with Crippen LogP contribution in [0.15, 0.2) is 54.1 Å². The molecule has 6 heteroatoms. The molecule has 2 amide bonds. The van der Waals surface area contributed by atoms with Gasteiger partial charge < -0.3 is 4.74 Å². The molecule has 1 aliphatic heterocycles. The Morgan fingerprint density at radius 1 is 1.15 bits per heavy atom. The second-order valence-electron chi connectivity index (χ2n) is 5.75. The molecular formula is C20H18N2O3S. The third kappa shape index (κ3) is 3.50. The van der Waals surface area contributed by atoms with Crippen LogP contribution in [-0.4, -0.2) is 24.0 Å². The summed E-state index contributed by atoms with van der Waals surface area (Å²) in [6, 6.07) is 14.7. The summed E-state index contributed by atoms with van der Waals surface area (Å²) < 4.78 is 5.18. The number of benzene rings is 2. The lowest BCUT2D eigenvalue weighted by Crippen LogP contribution is -2.54. The summed E-state index contributed by atoms with van der Waals surface area (Å²) in [5.74, 6) is -0.319. The molecule has 3 rings (SSSR count). The summed E-state index contributed by atoms with van der Waals surface area (Å²) in [5, 5.41) is 2.66. The van der Waals surface area contributed by atoms with Crippen molar-refractivity contribution in [1.82, 2.24) is 5.32 Å². The molecule has 1 N–H and O–H groups in total. The topological polar surface area (TPSA) is 58.6 Å². The van der Waals surface area contributed by atoms with Gasteiger partial charge in [-0.2, -0.15) is 0 Å². The summed E-state index contributed by atoms with van der Waals surface area (Å²) in [6.07, 6.45) is 2.44. The van der Waals surface area contributed by atoms with Crippen LogP contribution in [0.25, 0.3) is 6.08 Å². The van der Waals surface area contributed by atoms with Gasteiger partial charge in [0.15, 0.2) is 5.11 Å². The van der Waals surface area contributed by atoms with Crippen molar-refractivity contribution < 1.29 is 14.3 Å². The lowest BCUT2D eigenvalue weighted by molar-refractivity contribution is -0.122. The van der Waals surface area contributed by atoms with Crippen molar-refractivity contribution in [3.8, 4) is 5.75 Å². The molecule has 0 aliphatic carbocycles. The zero-order chi connectivity index (χ0) is 18.7. The molecule has 0 atom stereocenters. The second kappa shape index (κ2) is 7.49. The summed E-state index contributed by atoms with van der Waals surface area (Å²) in [7, 11) is 1.56. The van der Waals surface area contributed by atoms with E-state index >= 15 is 0 Å². The molecule has 0 saturated carbocycles. The lowest BCUT2D eigenvalue weighted by Gasteiger charge is -2.29. The van der Waals surface area contributed by atoms with Gasteiger partial charge in [0.25, 0.3) is 11.8 Å². The molecule has 0 radical (unpaired) electrons. The van der Waals surface area contributed by atoms with Crippen molar-refractivity contribution in [2.75, 3.05) is 12.0 Å².